The van der Waals surface area contributed by atoms with Crippen molar-refractivity contribution in [2.45, 2.75) is 38.9 Å². The molecule has 0 unspecified atom stereocenters. The van der Waals surface area contributed by atoms with Gasteiger partial charge in [-0.15, -0.1) is 0 Å². The molecular formula is C16H19BrN2O3. The summed E-state index contributed by atoms with van der Waals surface area (Å²) < 4.78 is 12.1. The molecule has 5 nitrogen and oxygen atoms in total. The molecule has 0 spiro atoms. The molecule has 22 heavy (non-hydrogen) atoms. The molecular weight excluding hydrogens is 348 g/mol. The van der Waals surface area contributed by atoms with Gasteiger partial charge in [0.15, 0.2) is 0 Å². The van der Waals surface area contributed by atoms with E-state index in [1.807, 2.05) is 26.8 Å². The highest BCUT2D eigenvalue weighted by Gasteiger charge is 2.31. The predicted octanol–water partition coefficient (Wildman–Crippen LogP) is 3.71. The van der Waals surface area contributed by atoms with Gasteiger partial charge in [-0.05, 0) is 39.0 Å². The average Bonchev–Trinajstić information content (AvgIpc) is 2.87. The molecule has 1 heterocycles. The molecule has 0 aliphatic carbocycles. The number of ether oxygens (including phenoxy) is 2. The molecule has 1 aliphatic heterocycles. The maximum atomic E-state index is 12.0. The normalized spacial score (nSPS) is 18.0. The van der Waals surface area contributed by atoms with E-state index in [0.717, 1.165) is 10.9 Å². The number of benzene rings is 1. The fourth-order valence-electron chi connectivity index (χ4n) is 2.19. The van der Waals surface area contributed by atoms with E-state index in [1.165, 1.54) is 0 Å². The lowest BCUT2D eigenvalue weighted by Crippen LogP contribution is -2.36. The standard InChI is InChI=1S/C16H19BrN2O3/c1-16(2,3)22-15(20)19-7-6-13(10-19)21-14-5-4-12(17)8-11(14)9-18/h4-5,8,13H,6-7,10H2,1-3H3/t13-/m0/s1. The third-order valence-electron chi connectivity index (χ3n) is 3.15. The van der Waals surface area contributed by atoms with Crippen LogP contribution in [0.3, 0.4) is 0 Å². The zero-order chi connectivity index (χ0) is 16.3. The molecule has 1 aromatic rings. The van der Waals surface area contributed by atoms with Crippen molar-refractivity contribution < 1.29 is 14.3 Å². The van der Waals surface area contributed by atoms with Crippen LogP contribution in [0.2, 0.25) is 0 Å². The van der Waals surface area contributed by atoms with Gasteiger partial charge in [0.1, 0.15) is 23.5 Å². The summed E-state index contributed by atoms with van der Waals surface area (Å²) in [4.78, 5) is 13.7. The number of nitriles is 1. The number of hydrogen-bond acceptors (Lipinski definition) is 4. The predicted molar refractivity (Wildman–Crippen MR) is 85.7 cm³/mol. The molecule has 1 amide bonds. The Morgan fingerprint density at radius 1 is 1.45 bits per heavy atom. The number of hydrogen-bond donors (Lipinski definition) is 0. The molecule has 1 atom stereocenters. The van der Waals surface area contributed by atoms with E-state index in [4.69, 9.17) is 14.7 Å². The lowest BCUT2D eigenvalue weighted by molar-refractivity contribution is 0.0275. The lowest BCUT2D eigenvalue weighted by Gasteiger charge is -2.24. The van der Waals surface area contributed by atoms with Gasteiger partial charge in [-0.1, -0.05) is 15.9 Å². The van der Waals surface area contributed by atoms with Crippen molar-refractivity contribution in [3.8, 4) is 11.8 Å². The Morgan fingerprint density at radius 2 is 2.18 bits per heavy atom. The maximum Gasteiger partial charge on any atom is 0.410 e. The van der Waals surface area contributed by atoms with E-state index in [2.05, 4.69) is 22.0 Å². The van der Waals surface area contributed by atoms with Crippen LogP contribution in [0.1, 0.15) is 32.8 Å². The van der Waals surface area contributed by atoms with E-state index in [0.29, 0.717) is 24.4 Å². The van der Waals surface area contributed by atoms with Crippen LogP contribution in [0.4, 0.5) is 4.79 Å². The highest BCUT2D eigenvalue weighted by atomic mass is 79.9. The Labute approximate surface area is 138 Å². The van der Waals surface area contributed by atoms with Crippen LogP contribution >= 0.6 is 15.9 Å². The zero-order valence-electron chi connectivity index (χ0n) is 12.9. The van der Waals surface area contributed by atoms with Gasteiger partial charge in [-0.2, -0.15) is 5.26 Å². The van der Waals surface area contributed by atoms with Gasteiger partial charge in [-0.25, -0.2) is 4.79 Å². The SMILES string of the molecule is CC(C)(C)OC(=O)N1CC[C@H](Oc2ccc(Br)cc2C#N)C1. The summed E-state index contributed by atoms with van der Waals surface area (Å²) in [7, 11) is 0. The van der Waals surface area contributed by atoms with E-state index >= 15 is 0 Å². The van der Waals surface area contributed by atoms with Crippen molar-refractivity contribution in [3.05, 3.63) is 28.2 Å². The van der Waals surface area contributed by atoms with Gasteiger partial charge in [0.2, 0.25) is 0 Å². The van der Waals surface area contributed by atoms with E-state index in [9.17, 15) is 4.79 Å². The van der Waals surface area contributed by atoms with E-state index < -0.39 is 5.60 Å². The Morgan fingerprint density at radius 3 is 2.82 bits per heavy atom. The summed E-state index contributed by atoms with van der Waals surface area (Å²) in [5, 5.41) is 9.15. The number of amides is 1. The first kappa shape index (κ1) is 16.6. The van der Waals surface area contributed by atoms with Gasteiger partial charge < -0.3 is 14.4 Å². The molecule has 1 aromatic carbocycles. The summed E-state index contributed by atoms with van der Waals surface area (Å²) >= 11 is 3.33. The summed E-state index contributed by atoms with van der Waals surface area (Å²) in [6, 6.07) is 7.43. The van der Waals surface area contributed by atoms with Gasteiger partial charge in [0.25, 0.3) is 0 Å². The fraction of sp³-hybridized carbons (Fsp3) is 0.500. The minimum absolute atomic E-state index is 0.124. The van der Waals surface area contributed by atoms with Crippen LogP contribution in [-0.2, 0) is 4.74 Å². The third kappa shape index (κ3) is 4.38. The minimum atomic E-state index is -0.504. The van der Waals surface area contributed by atoms with Crippen LogP contribution < -0.4 is 4.74 Å². The van der Waals surface area contributed by atoms with Gasteiger partial charge >= 0.3 is 6.09 Å². The topological polar surface area (TPSA) is 62.6 Å². The summed E-state index contributed by atoms with van der Waals surface area (Å²) in [6.07, 6.45) is 0.274. The number of carbonyl (C=O) groups is 1. The second-order valence-electron chi connectivity index (χ2n) is 6.21. The van der Waals surface area contributed by atoms with Gasteiger partial charge in [-0.3, -0.25) is 0 Å². The highest BCUT2D eigenvalue weighted by molar-refractivity contribution is 9.10. The largest absolute Gasteiger partial charge is 0.487 e. The second-order valence-corrected chi connectivity index (χ2v) is 7.12. The Balaban J connectivity index is 1.97. The molecule has 0 saturated carbocycles. The Hall–Kier alpha value is -1.74. The molecule has 2 rings (SSSR count). The van der Waals surface area contributed by atoms with Crippen LogP contribution in [0.25, 0.3) is 0 Å². The van der Waals surface area contributed by atoms with Crippen molar-refractivity contribution in [2.24, 2.45) is 0 Å². The molecule has 6 heteroatoms. The lowest BCUT2D eigenvalue weighted by atomic mass is 10.2. The maximum absolute atomic E-state index is 12.0. The quantitative estimate of drug-likeness (QED) is 0.800. The monoisotopic (exact) mass is 366 g/mol. The van der Waals surface area contributed by atoms with E-state index in [-0.39, 0.29) is 12.2 Å². The Bertz CT molecular complexity index is 604. The summed E-state index contributed by atoms with van der Waals surface area (Å²) in [5.74, 6) is 0.543. The molecule has 0 radical (unpaired) electrons. The van der Waals surface area contributed by atoms with Crippen molar-refractivity contribution in [2.75, 3.05) is 13.1 Å². The zero-order valence-corrected chi connectivity index (χ0v) is 14.5. The number of nitrogens with zero attached hydrogens (tertiary/aromatic N) is 2. The van der Waals surface area contributed by atoms with Crippen LogP contribution in [0.5, 0.6) is 5.75 Å². The first-order valence-electron chi connectivity index (χ1n) is 7.13. The average molecular weight is 367 g/mol. The van der Waals surface area contributed by atoms with Gasteiger partial charge in [0, 0.05) is 17.4 Å². The molecule has 0 N–H and O–H groups in total. The molecule has 1 fully saturated rings. The van der Waals surface area contributed by atoms with Crippen LogP contribution in [0.15, 0.2) is 22.7 Å². The first-order chi connectivity index (χ1) is 10.3. The second kappa shape index (κ2) is 6.57. The summed E-state index contributed by atoms with van der Waals surface area (Å²) in [6.45, 7) is 6.59. The third-order valence-corrected chi connectivity index (χ3v) is 3.65. The van der Waals surface area contributed by atoms with Gasteiger partial charge in [0.05, 0.1) is 12.1 Å². The molecule has 0 aromatic heterocycles. The van der Waals surface area contributed by atoms with Crippen molar-refractivity contribution in [3.63, 3.8) is 0 Å². The summed E-state index contributed by atoms with van der Waals surface area (Å²) in [5.41, 5.74) is -0.0273. The first-order valence-corrected chi connectivity index (χ1v) is 7.92. The number of halogens is 1. The molecule has 118 valence electrons. The fourth-order valence-corrected chi connectivity index (χ4v) is 2.55. The molecule has 1 saturated heterocycles. The molecule has 0 bridgehead atoms. The Kier molecular flexibility index (Phi) is 4.97. The minimum Gasteiger partial charge on any atom is -0.487 e. The number of rotatable bonds is 2. The van der Waals surface area contributed by atoms with Crippen LogP contribution in [-0.4, -0.2) is 35.8 Å². The number of likely N-dealkylation sites (tertiary alicyclic amines) is 1. The van der Waals surface area contributed by atoms with Crippen LogP contribution in [0, 0.1) is 11.3 Å². The number of carbonyl (C=O) groups excluding carboxylic acids is 1. The van der Waals surface area contributed by atoms with Crippen molar-refractivity contribution >= 4 is 22.0 Å². The highest BCUT2D eigenvalue weighted by Crippen LogP contribution is 2.26. The molecule has 1 aliphatic rings. The van der Waals surface area contributed by atoms with E-state index in [1.54, 1.807) is 17.0 Å². The van der Waals surface area contributed by atoms with Crippen molar-refractivity contribution in [1.29, 1.82) is 5.26 Å². The van der Waals surface area contributed by atoms with Crippen molar-refractivity contribution in [1.82, 2.24) is 4.90 Å². The smallest absolute Gasteiger partial charge is 0.410 e.